The normalized spacial score (nSPS) is 22.1. The van der Waals surface area contributed by atoms with Crippen LogP contribution in [-0.2, 0) is 14.4 Å². The molecule has 33 heavy (non-hydrogen) atoms. The van der Waals surface area contributed by atoms with Gasteiger partial charge in [-0.3, -0.25) is 14.4 Å². The molecule has 3 aromatic carbocycles. The zero-order valence-electron chi connectivity index (χ0n) is 17.7. The Labute approximate surface area is 201 Å². The molecular weight excluding hydrogens is 463 g/mol. The molecule has 0 bridgehead atoms. The Balaban J connectivity index is 1.61. The fourth-order valence-corrected chi connectivity index (χ4v) is 4.95. The van der Waals surface area contributed by atoms with E-state index < -0.39 is 24.0 Å². The number of fused-ring (bicyclic) bond motifs is 1. The topological polar surface area (TPSA) is 59.1 Å². The van der Waals surface area contributed by atoms with E-state index in [0.29, 0.717) is 39.3 Å². The van der Waals surface area contributed by atoms with E-state index >= 15 is 0 Å². The first-order valence-electron chi connectivity index (χ1n) is 10.6. The maximum atomic E-state index is 13.8. The summed E-state index contributed by atoms with van der Waals surface area (Å²) < 4.78 is 5.67. The van der Waals surface area contributed by atoms with Crippen LogP contribution in [0.5, 0.6) is 5.75 Å². The highest BCUT2D eigenvalue weighted by atomic mass is 35.5. The first-order chi connectivity index (χ1) is 16.0. The Hall–Kier alpha value is -3.06. The van der Waals surface area contributed by atoms with Crippen molar-refractivity contribution in [3.63, 3.8) is 0 Å². The second-order valence-electron chi connectivity index (χ2n) is 7.74. The number of hydrogen-bond donors (Lipinski definition) is 0. The number of benzene rings is 3. The third-order valence-electron chi connectivity index (χ3n) is 5.81. The van der Waals surface area contributed by atoms with Crippen molar-refractivity contribution in [3.05, 3.63) is 88.4 Å². The summed E-state index contributed by atoms with van der Waals surface area (Å²) in [5, 5.41) is 2.48. The van der Waals surface area contributed by atoms with Gasteiger partial charge < -0.3 is 4.74 Å². The lowest BCUT2D eigenvalue weighted by molar-refractivity contribution is -0.126. The molecule has 0 N–H and O–H groups in total. The molecule has 2 aliphatic rings. The number of imide groups is 1. The van der Waals surface area contributed by atoms with Gasteiger partial charge in [-0.1, -0.05) is 59.6 Å². The molecule has 168 valence electrons. The quantitative estimate of drug-likeness (QED) is 0.453. The van der Waals surface area contributed by atoms with Crippen LogP contribution in [0.15, 0.2) is 72.8 Å². The van der Waals surface area contributed by atoms with Crippen LogP contribution in [0.25, 0.3) is 0 Å². The molecule has 2 amide bonds. The van der Waals surface area contributed by atoms with Crippen molar-refractivity contribution < 1.29 is 19.2 Å². The van der Waals surface area contributed by atoms with E-state index in [1.54, 1.807) is 47.5 Å². The molecule has 2 fully saturated rings. The summed E-state index contributed by atoms with van der Waals surface area (Å²) in [5.74, 6) is -1.15. The largest absolute Gasteiger partial charge is 0.492 e. The summed E-state index contributed by atoms with van der Waals surface area (Å²) in [4.78, 5) is 34.6. The Morgan fingerprint density at radius 1 is 0.939 bits per heavy atom. The summed E-state index contributed by atoms with van der Waals surface area (Å²) in [5.41, 5.74) is 1.77. The first kappa shape index (κ1) is 21.8. The summed E-state index contributed by atoms with van der Waals surface area (Å²) in [6, 6.07) is 20.8. The monoisotopic (exact) mass is 482 g/mol. The summed E-state index contributed by atoms with van der Waals surface area (Å²) >= 11 is 12.7. The van der Waals surface area contributed by atoms with E-state index in [2.05, 4.69) is 0 Å². The van der Waals surface area contributed by atoms with Gasteiger partial charge >= 0.3 is 0 Å². The van der Waals surface area contributed by atoms with Gasteiger partial charge in [-0.25, -0.2) is 9.96 Å². The molecule has 8 heteroatoms. The van der Waals surface area contributed by atoms with Gasteiger partial charge in [0.15, 0.2) is 6.10 Å². The Kier molecular flexibility index (Phi) is 5.74. The molecule has 0 aliphatic carbocycles. The van der Waals surface area contributed by atoms with E-state index in [-0.39, 0.29) is 5.91 Å². The first-order valence-corrected chi connectivity index (χ1v) is 11.3. The zero-order valence-corrected chi connectivity index (χ0v) is 19.2. The number of anilines is 2. The van der Waals surface area contributed by atoms with Crippen LogP contribution in [0.2, 0.25) is 10.0 Å². The number of hydroxylamine groups is 1. The Bertz CT molecular complexity index is 1220. The molecule has 2 aliphatic heterocycles. The minimum atomic E-state index is -0.996. The molecule has 0 radical (unpaired) electrons. The second kappa shape index (κ2) is 8.71. The number of rotatable bonds is 5. The van der Waals surface area contributed by atoms with Crippen LogP contribution in [0.1, 0.15) is 18.5 Å². The highest BCUT2D eigenvalue weighted by molar-refractivity contribution is 6.35. The molecule has 2 heterocycles. The van der Waals surface area contributed by atoms with E-state index in [1.165, 1.54) is 4.90 Å². The van der Waals surface area contributed by atoms with Crippen molar-refractivity contribution in [2.45, 2.75) is 19.1 Å². The number of carbonyl (C=O) groups is 2. The number of ether oxygens (including phenoxy) is 1. The van der Waals surface area contributed by atoms with Gasteiger partial charge in [0, 0.05) is 10.0 Å². The molecule has 2 saturated heterocycles. The molecule has 0 aromatic heterocycles. The molecule has 5 rings (SSSR count). The van der Waals surface area contributed by atoms with Crippen LogP contribution < -0.4 is 14.7 Å². The van der Waals surface area contributed by atoms with Crippen LogP contribution in [0, 0.1) is 5.92 Å². The summed E-state index contributed by atoms with van der Waals surface area (Å²) in [6.45, 7) is 2.25. The van der Waals surface area contributed by atoms with Crippen molar-refractivity contribution in [2.75, 3.05) is 16.6 Å². The lowest BCUT2D eigenvalue weighted by Crippen LogP contribution is -2.37. The van der Waals surface area contributed by atoms with Gasteiger partial charge in [-0.2, -0.15) is 0 Å². The molecule has 0 unspecified atom stereocenters. The number of para-hydroxylation sites is 3. The lowest BCUT2D eigenvalue weighted by Gasteiger charge is -2.29. The van der Waals surface area contributed by atoms with Gasteiger partial charge in [0.1, 0.15) is 11.7 Å². The van der Waals surface area contributed by atoms with Crippen molar-refractivity contribution in [2.24, 2.45) is 5.92 Å². The standard InChI is InChI=1S/C25H20Cl2N2O4/c1-2-32-20-11-7-6-10-19(20)28-24(30)21-22(17-13-12-15(26)14-18(17)27)29(33-23(21)25(28)31)16-8-4-3-5-9-16/h3-14,21-23H,2H2,1H3/t21-,22+,23-/m0/s1. The van der Waals surface area contributed by atoms with Gasteiger partial charge in [0.25, 0.3) is 5.91 Å². The maximum Gasteiger partial charge on any atom is 0.266 e. The predicted molar refractivity (Wildman–Crippen MR) is 127 cm³/mol. The van der Waals surface area contributed by atoms with Crippen LogP contribution in [0.3, 0.4) is 0 Å². The average Bonchev–Trinajstić information content (AvgIpc) is 3.31. The molecule has 0 spiro atoms. The SMILES string of the molecule is CCOc1ccccc1N1C(=O)[C@@H]2[C@H](ON(c3ccccc3)[C@@H]2c2ccc(Cl)cc2Cl)C1=O. The second-order valence-corrected chi connectivity index (χ2v) is 8.58. The fraction of sp³-hybridized carbons (Fsp3) is 0.200. The third-order valence-corrected chi connectivity index (χ3v) is 6.38. The average molecular weight is 483 g/mol. The zero-order chi connectivity index (χ0) is 23.1. The number of nitrogens with zero attached hydrogens (tertiary/aromatic N) is 2. The van der Waals surface area contributed by atoms with Gasteiger partial charge in [-0.05, 0) is 48.9 Å². The summed E-state index contributed by atoms with van der Waals surface area (Å²) in [6.07, 6.45) is -0.996. The number of hydrogen-bond acceptors (Lipinski definition) is 5. The third kappa shape index (κ3) is 3.64. The maximum absolute atomic E-state index is 13.8. The molecule has 3 atom stereocenters. The van der Waals surface area contributed by atoms with E-state index in [0.717, 1.165) is 0 Å². The van der Waals surface area contributed by atoms with Crippen LogP contribution >= 0.6 is 23.2 Å². The number of carbonyl (C=O) groups excluding carboxylic acids is 2. The van der Waals surface area contributed by atoms with Crippen LogP contribution in [-0.4, -0.2) is 24.5 Å². The molecule has 3 aromatic rings. The molecule has 6 nitrogen and oxygen atoms in total. The molecular formula is C25H20Cl2N2O4. The Morgan fingerprint density at radius 2 is 1.67 bits per heavy atom. The number of halogens is 2. The minimum absolute atomic E-state index is 0.369. The van der Waals surface area contributed by atoms with Crippen molar-refractivity contribution in [1.29, 1.82) is 0 Å². The van der Waals surface area contributed by atoms with E-state index in [4.69, 9.17) is 32.8 Å². The van der Waals surface area contributed by atoms with Crippen LogP contribution in [0.4, 0.5) is 11.4 Å². The smallest absolute Gasteiger partial charge is 0.266 e. The highest BCUT2D eigenvalue weighted by Crippen LogP contribution is 2.50. The van der Waals surface area contributed by atoms with Crippen molar-refractivity contribution in [3.8, 4) is 5.75 Å². The Morgan fingerprint density at radius 3 is 2.39 bits per heavy atom. The predicted octanol–water partition coefficient (Wildman–Crippen LogP) is 5.44. The lowest BCUT2D eigenvalue weighted by atomic mass is 9.90. The van der Waals surface area contributed by atoms with Gasteiger partial charge in [0.2, 0.25) is 5.91 Å². The van der Waals surface area contributed by atoms with E-state index in [1.807, 2.05) is 37.3 Å². The van der Waals surface area contributed by atoms with Crippen molar-refractivity contribution in [1.82, 2.24) is 0 Å². The van der Waals surface area contributed by atoms with Gasteiger partial charge in [0.05, 0.1) is 24.0 Å². The van der Waals surface area contributed by atoms with Crippen molar-refractivity contribution >= 4 is 46.4 Å². The highest BCUT2D eigenvalue weighted by Gasteiger charge is 2.61. The molecule has 0 saturated carbocycles. The fourth-order valence-electron chi connectivity index (χ4n) is 4.43. The van der Waals surface area contributed by atoms with Gasteiger partial charge in [-0.15, -0.1) is 0 Å². The van der Waals surface area contributed by atoms with E-state index in [9.17, 15) is 9.59 Å². The summed E-state index contributed by atoms with van der Waals surface area (Å²) in [7, 11) is 0. The minimum Gasteiger partial charge on any atom is -0.492 e. The number of amides is 2.